The molecule has 1 heterocycles. The molecule has 0 radical (unpaired) electrons. The molecule has 0 bridgehead atoms. The molecule has 0 spiro atoms. The van der Waals surface area contributed by atoms with Crippen molar-refractivity contribution in [2.45, 2.75) is 39.2 Å². The van der Waals surface area contributed by atoms with E-state index in [-0.39, 0.29) is 12.5 Å². The molecule has 3 aromatic rings. The van der Waals surface area contributed by atoms with Gasteiger partial charge in [0.1, 0.15) is 5.75 Å². The number of benzene rings is 2. The van der Waals surface area contributed by atoms with Crippen molar-refractivity contribution in [1.82, 2.24) is 4.98 Å². The van der Waals surface area contributed by atoms with Crippen molar-refractivity contribution < 1.29 is 24.1 Å². The number of aliphatic carboxylic acids is 1. The summed E-state index contributed by atoms with van der Waals surface area (Å²) in [4.78, 5) is 15.0. The van der Waals surface area contributed by atoms with Crippen LogP contribution in [0.15, 0.2) is 60.8 Å². The Labute approximate surface area is 192 Å². The molecule has 0 aliphatic heterocycles. The standard InChI is InChI=1S/C25H26ClNO5/c1-17-14-24(27-16-19(17)8-11-25(28)29)30-13-12-18(2)31-22-10-9-20(26)15-23(22)32-21-6-4-3-5-7-21/h3-7,9-10,14-16,18H,8,11-13H2,1-2H3,(H,28,29). The molecule has 2 aromatic carbocycles. The zero-order chi connectivity index (χ0) is 22.9. The average molecular weight is 456 g/mol. The highest BCUT2D eigenvalue weighted by atomic mass is 35.5. The zero-order valence-electron chi connectivity index (χ0n) is 18.1. The Hall–Kier alpha value is -3.25. The molecule has 0 aliphatic carbocycles. The van der Waals surface area contributed by atoms with E-state index < -0.39 is 5.97 Å². The van der Waals surface area contributed by atoms with Gasteiger partial charge in [0.2, 0.25) is 5.88 Å². The van der Waals surface area contributed by atoms with Gasteiger partial charge in [-0.05, 0) is 55.7 Å². The number of para-hydroxylation sites is 1. The van der Waals surface area contributed by atoms with Crippen LogP contribution >= 0.6 is 11.6 Å². The molecular formula is C25H26ClNO5. The van der Waals surface area contributed by atoms with Gasteiger partial charge in [-0.25, -0.2) is 4.98 Å². The maximum absolute atomic E-state index is 10.7. The summed E-state index contributed by atoms with van der Waals surface area (Å²) in [7, 11) is 0. The normalized spacial score (nSPS) is 11.6. The monoisotopic (exact) mass is 455 g/mol. The number of carbonyl (C=O) groups is 1. The number of halogens is 1. The fourth-order valence-corrected chi connectivity index (χ4v) is 3.18. The van der Waals surface area contributed by atoms with Gasteiger partial charge in [0.05, 0.1) is 12.7 Å². The lowest BCUT2D eigenvalue weighted by atomic mass is 10.1. The highest BCUT2D eigenvalue weighted by Crippen LogP contribution is 2.35. The molecular weight excluding hydrogens is 430 g/mol. The van der Waals surface area contributed by atoms with Gasteiger partial charge in [0, 0.05) is 36.2 Å². The van der Waals surface area contributed by atoms with Crippen molar-refractivity contribution in [3.63, 3.8) is 0 Å². The van der Waals surface area contributed by atoms with E-state index in [4.69, 9.17) is 30.9 Å². The Morgan fingerprint density at radius 1 is 1.12 bits per heavy atom. The van der Waals surface area contributed by atoms with E-state index in [9.17, 15) is 4.79 Å². The Balaban J connectivity index is 1.53. The number of nitrogens with zero attached hydrogens (tertiary/aromatic N) is 1. The summed E-state index contributed by atoms with van der Waals surface area (Å²) in [5.74, 6) is 1.53. The van der Waals surface area contributed by atoms with Crippen LogP contribution in [-0.2, 0) is 11.2 Å². The van der Waals surface area contributed by atoms with Crippen LogP contribution in [0.4, 0.5) is 0 Å². The van der Waals surface area contributed by atoms with Gasteiger partial charge in [-0.1, -0.05) is 29.8 Å². The minimum Gasteiger partial charge on any atom is -0.487 e. The SMILES string of the molecule is Cc1cc(OCCC(C)Oc2ccc(Cl)cc2Oc2ccccc2)ncc1CCC(=O)O. The quantitative estimate of drug-likeness (QED) is 0.377. The molecule has 0 saturated carbocycles. The van der Waals surface area contributed by atoms with E-state index in [0.717, 1.165) is 11.1 Å². The molecule has 1 aromatic heterocycles. The lowest BCUT2D eigenvalue weighted by Crippen LogP contribution is -2.16. The first-order chi connectivity index (χ1) is 15.4. The predicted octanol–water partition coefficient (Wildman–Crippen LogP) is 6.09. The number of rotatable bonds is 11. The number of aromatic nitrogens is 1. The molecule has 6 nitrogen and oxygen atoms in total. The largest absolute Gasteiger partial charge is 0.487 e. The Morgan fingerprint density at radius 3 is 2.62 bits per heavy atom. The molecule has 32 heavy (non-hydrogen) atoms. The van der Waals surface area contributed by atoms with E-state index in [0.29, 0.717) is 47.6 Å². The van der Waals surface area contributed by atoms with E-state index in [1.54, 1.807) is 24.4 Å². The predicted molar refractivity (Wildman–Crippen MR) is 123 cm³/mol. The van der Waals surface area contributed by atoms with Crippen LogP contribution < -0.4 is 14.2 Å². The summed E-state index contributed by atoms with van der Waals surface area (Å²) in [6, 6.07) is 16.6. The Bertz CT molecular complexity index is 1040. The third kappa shape index (κ3) is 7.17. The lowest BCUT2D eigenvalue weighted by molar-refractivity contribution is -0.136. The van der Waals surface area contributed by atoms with Gasteiger partial charge in [0.15, 0.2) is 11.5 Å². The van der Waals surface area contributed by atoms with Gasteiger partial charge < -0.3 is 19.3 Å². The summed E-state index contributed by atoms with van der Waals surface area (Å²) in [6.07, 6.45) is 2.71. The summed E-state index contributed by atoms with van der Waals surface area (Å²) < 4.78 is 17.8. The topological polar surface area (TPSA) is 77.9 Å². The van der Waals surface area contributed by atoms with Crippen LogP contribution in [0, 0.1) is 6.92 Å². The van der Waals surface area contributed by atoms with Gasteiger partial charge in [0.25, 0.3) is 0 Å². The zero-order valence-corrected chi connectivity index (χ0v) is 18.8. The van der Waals surface area contributed by atoms with Crippen LogP contribution in [-0.4, -0.2) is 28.8 Å². The van der Waals surface area contributed by atoms with E-state index >= 15 is 0 Å². The van der Waals surface area contributed by atoms with Crippen molar-refractivity contribution in [2.24, 2.45) is 0 Å². The third-order valence-corrected chi connectivity index (χ3v) is 5.02. The fourth-order valence-electron chi connectivity index (χ4n) is 3.02. The van der Waals surface area contributed by atoms with Gasteiger partial charge >= 0.3 is 5.97 Å². The first-order valence-electron chi connectivity index (χ1n) is 10.4. The molecule has 0 aliphatic rings. The van der Waals surface area contributed by atoms with E-state index in [1.807, 2.05) is 50.2 Å². The summed E-state index contributed by atoms with van der Waals surface area (Å²) in [6.45, 7) is 4.30. The number of hydrogen-bond donors (Lipinski definition) is 1. The summed E-state index contributed by atoms with van der Waals surface area (Å²) >= 11 is 6.14. The minimum atomic E-state index is -0.822. The van der Waals surface area contributed by atoms with Crippen LogP contribution in [0.3, 0.4) is 0 Å². The number of ether oxygens (including phenoxy) is 3. The first kappa shape index (κ1) is 23.4. The fraction of sp³-hybridized carbons (Fsp3) is 0.280. The molecule has 1 unspecified atom stereocenters. The van der Waals surface area contributed by atoms with Crippen LogP contribution in [0.5, 0.6) is 23.1 Å². The molecule has 168 valence electrons. The van der Waals surface area contributed by atoms with Crippen LogP contribution in [0.2, 0.25) is 5.02 Å². The Kier molecular flexibility index (Phi) is 8.34. The Morgan fingerprint density at radius 2 is 1.91 bits per heavy atom. The molecule has 0 fully saturated rings. The maximum Gasteiger partial charge on any atom is 0.303 e. The molecule has 3 rings (SSSR count). The second kappa shape index (κ2) is 11.4. The molecule has 1 atom stereocenters. The number of carboxylic acid groups (broad SMARTS) is 1. The van der Waals surface area contributed by atoms with Crippen molar-refractivity contribution in [3.05, 3.63) is 76.9 Å². The van der Waals surface area contributed by atoms with Crippen LogP contribution in [0.1, 0.15) is 30.9 Å². The highest BCUT2D eigenvalue weighted by Gasteiger charge is 2.12. The van der Waals surface area contributed by atoms with Gasteiger partial charge in [-0.2, -0.15) is 0 Å². The second-order valence-electron chi connectivity index (χ2n) is 7.41. The second-order valence-corrected chi connectivity index (χ2v) is 7.85. The molecule has 1 N–H and O–H groups in total. The third-order valence-electron chi connectivity index (χ3n) is 4.78. The number of carboxylic acids is 1. The first-order valence-corrected chi connectivity index (χ1v) is 10.8. The highest BCUT2D eigenvalue weighted by molar-refractivity contribution is 6.30. The van der Waals surface area contributed by atoms with E-state index in [2.05, 4.69) is 4.98 Å². The number of aryl methyl sites for hydroxylation is 2. The smallest absolute Gasteiger partial charge is 0.303 e. The van der Waals surface area contributed by atoms with Crippen molar-refractivity contribution in [2.75, 3.05) is 6.61 Å². The molecule has 0 saturated heterocycles. The van der Waals surface area contributed by atoms with Crippen molar-refractivity contribution >= 4 is 17.6 Å². The molecule has 0 amide bonds. The number of hydrogen-bond acceptors (Lipinski definition) is 5. The van der Waals surface area contributed by atoms with E-state index in [1.165, 1.54) is 0 Å². The van der Waals surface area contributed by atoms with Gasteiger partial charge in [-0.3, -0.25) is 4.79 Å². The van der Waals surface area contributed by atoms with Crippen molar-refractivity contribution in [3.8, 4) is 23.1 Å². The maximum atomic E-state index is 10.7. The van der Waals surface area contributed by atoms with Gasteiger partial charge in [-0.15, -0.1) is 0 Å². The average Bonchev–Trinajstić information content (AvgIpc) is 2.76. The minimum absolute atomic E-state index is 0.0816. The van der Waals surface area contributed by atoms with Crippen molar-refractivity contribution in [1.29, 1.82) is 0 Å². The molecule has 7 heteroatoms. The summed E-state index contributed by atoms with van der Waals surface area (Å²) in [5.41, 5.74) is 1.87. The van der Waals surface area contributed by atoms with Crippen LogP contribution in [0.25, 0.3) is 0 Å². The summed E-state index contributed by atoms with van der Waals surface area (Å²) in [5, 5.41) is 9.39. The number of pyridine rings is 1. The lowest BCUT2D eigenvalue weighted by Gasteiger charge is -2.18.